The lowest BCUT2D eigenvalue weighted by Crippen LogP contribution is -2.16. The number of ether oxygens (including phenoxy) is 1. The summed E-state index contributed by atoms with van der Waals surface area (Å²) in [4.78, 5) is 20.4. The van der Waals surface area contributed by atoms with Crippen LogP contribution in [0.4, 0.5) is 13.2 Å². The minimum absolute atomic E-state index is 0.243. The van der Waals surface area contributed by atoms with E-state index in [4.69, 9.17) is 0 Å². The average molecular weight is 271 g/mol. The number of methoxy groups -OCH3 is 1. The van der Waals surface area contributed by atoms with E-state index in [9.17, 15) is 18.0 Å². The van der Waals surface area contributed by atoms with E-state index in [1.165, 1.54) is 25.3 Å². The van der Waals surface area contributed by atoms with Gasteiger partial charge in [0.15, 0.2) is 0 Å². The Bertz CT molecular complexity index is 652. The molecule has 0 unspecified atom stereocenters. The lowest BCUT2D eigenvalue weighted by atomic mass is 10.1. The molecule has 1 aromatic heterocycles. The molecule has 1 N–H and O–H groups in total. The van der Waals surface area contributed by atoms with Crippen LogP contribution in [0.3, 0.4) is 0 Å². The highest BCUT2D eigenvalue weighted by molar-refractivity contribution is 5.60. The number of hydrogen-bond donors (Lipinski definition) is 1. The fourth-order valence-electron chi connectivity index (χ4n) is 1.52. The van der Waals surface area contributed by atoms with Crippen LogP contribution in [0, 0.1) is 0 Å². The SMILES string of the molecule is COc1nc(-c2ccccc2C(F)(F)F)[nH]c(=O)n1. The molecule has 0 atom stereocenters. The summed E-state index contributed by atoms with van der Waals surface area (Å²) in [6.07, 6.45) is -4.55. The molecule has 100 valence electrons. The molecule has 0 aliphatic rings. The number of H-pyrrole nitrogens is 1. The number of hydrogen-bond acceptors (Lipinski definition) is 4. The van der Waals surface area contributed by atoms with E-state index in [2.05, 4.69) is 19.7 Å². The minimum atomic E-state index is -4.55. The largest absolute Gasteiger partial charge is 0.467 e. The van der Waals surface area contributed by atoms with Crippen LogP contribution in [0.15, 0.2) is 29.1 Å². The first-order valence-electron chi connectivity index (χ1n) is 5.11. The third kappa shape index (κ3) is 2.72. The Morgan fingerprint density at radius 3 is 2.53 bits per heavy atom. The zero-order chi connectivity index (χ0) is 14.0. The van der Waals surface area contributed by atoms with Gasteiger partial charge in [-0.3, -0.25) is 4.98 Å². The van der Waals surface area contributed by atoms with Crippen LogP contribution in [0.2, 0.25) is 0 Å². The highest BCUT2D eigenvalue weighted by atomic mass is 19.4. The summed E-state index contributed by atoms with van der Waals surface area (Å²) < 4.78 is 43.2. The predicted octanol–water partition coefficient (Wildman–Crippen LogP) is 1.86. The maximum Gasteiger partial charge on any atom is 0.417 e. The maximum atomic E-state index is 12.9. The molecule has 19 heavy (non-hydrogen) atoms. The van der Waals surface area contributed by atoms with Gasteiger partial charge in [-0.25, -0.2) is 4.79 Å². The first-order chi connectivity index (χ1) is 8.91. The summed E-state index contributed by atoms with van der Waals surface area (Å²) in [6.45, 7) is 0. The molecule has 0 aliphatic carbocycles. The zero-order valence-corrected chi connectivity index (χ0v) is 9.65. The van der Waals surface area contributed by atoms with Gasteiger partial charge in [-0.2, -0.15) is 18.2 Å². The molecule has 0 fully saturated rings. The summed E-state index contributed by atoms with van der Waals surface area (Å²) in [7, 11) is 1.22. The van der Waals surface area contributed by atoms with Crippen molar-refractivity contribution in [1.82, 2.24) is 15.0 Å². The molecule has 1 heterocycles. The highest BCUT2D eigenvalue weighted by Crippen LogP contribution is 2.35. The number of aromatic nitrogens is 3. The van der Waals surface area contributed by atoms with Gasteiger partial charge < -0.3 is 4.74 Å². The Balaban J connectivity index is 2.66. The van der Waals surface area contributed by atoms with Gasteiger partial charge in [0.05, 0.1) is 12.7 Å². The molecule has 2 rings (SSSR count). The van der Waals surface area contributed by atoms with Crippen LogP contribution in [-0.4, -0.2) is 22.1 Å². The fourth-order valence-corrected chi connectivity index (χ4v) is 1.52. The molecule has 0 bridgehead atoms. The molecule has 0 aliphatic heterocycles. The van der Waals surface area contributed by atoms with Crippen LogP contribution in [0.25, 0.3) is 11.4 Å². The second kappa shape index (κ2) is 4.71. The predicted molar refractivity (Wildman–Crippen MR) is 59.6 cm³/mol. The summed E-state index contributed by atoms with van der Waals surface area (Å²) >= 11 is 0. The smallest absolute Gasteiger partial charge is 0.417 e. The average Bonchev–Trinajstić information content (AvgIpc) is 2.37. The minimum Gasteiger partial charge on any atom is -0.467 e. The third-order valence-corrected chi connectivity index (χ3v) is 2.30. The van der Waals surface area contributed by atoms with E-state index < -0.39 is 17.4 Å². The molecular formula is C11H8F3N3O2. The number of alkyl halides is 3. The van der Waals surface area contributed by atoms with Crippen molar-refractivity contribution in [3.05, 3.63) is 40.3 Å². The van der Waals surface area contributed by atoms with Gasteiger partial charge in [0.1, 0.15) is 5.82 Å². The van der Waals surface area contributed by atoms with Crippen LogP contribution in [0.5, 0.6) is 6.01 Å². The number of nitrogens with one attached hydrogen (secondary N) is 1. The number of rotatable bonds is 2. The molecule has 0 saturated heterocycles. The molecule has 1 aromatic carbocycles. The van der Waals surface area contributed by atoms with Gasteiger partial charge >= 0.3 is 17.9 Å². The number of benzene rings is 1. The van der Waals surface area contributed by atoms with E-state index in [-0.39, 0.29) is 17.4 Å². The quantitative estimate of drug-likeness (QED) is 0.905. The third-order valence-electron chi connectivity index (χ3n) is 2.30. The van der Waals surface area contributed by atoms with Gasteiger partial charge in [-0.15, -0.1) is 4.98 Å². The van der Waals surface area contributed by atoms with E-state index in [0.717, 1.165) is 6.07 Å². The molecular weight excluding hydrogens is 263 g/mol. The maximum absolute atomic E-state index is 12.9. The normalized spacial score (nSPS) is 11.4. The van der Waals surface area contributed by atoms with Gasteiger partial charge in [-0.1, -0.05) is 18.2 Å². The van der Waals surface area contributed by atoms with E-state index in [0.29, 0.717) is 0 Å². The van der Waals surface area contributed by atoms with Crippen molar-refractivity contribution in [2.24, 2.45) is 0 Å². The van der Waals surface area contributed by atoms with Crippen molar-refractivity contribution in [2.75, 3.05) is 7.11 Å². The molecule has 0 saturated carbocycles. The van der Waals surface area contributed by atoms with E-state index in [1.54, 1.807) is 0 Å². The molecule has 0 amide bonds. The number of halogens is 3. The molecule has 2 aromatic rings. The summed E-state index contributed by atoms with van der Waals surface area (Å²) in [6, 6.07) is 4.49. The van der Waals surface area contributed by atoms with Crippen molar-refractivity contribution in [1.29, 1.82) is 0 Å². The zero-order valence-electron chi connectivity index (χ0n) is 9.65. The molecule has 0 spiro atoms. The van der Waals surface area contributed by atoms with E-state index >= 15 is 0 Å². The number of nitrogens with zero attached hydrogens (tertiary/aromatic N) is 2. The summed E-state index contributed by atoms with van der Waals surface area (Å²) in [5.41, 5.74) is -1.97. The Labute approximate surface area is 105 Å². The van der Waals surface area contributed by atoms with Crippen molar-refractivity contribution < 1.29 is 17.9 Å². The second-order valence-corrected chi connectivity index (χ2v) is 3.53. The lowest BCUT2D eigenvalue weighted by molar-refractivity contribution is -0.137. The fraction of sp³-hybridized carbons (Fsp3) is 0.182. The van der Waals surface area contributed by atoms with Crippen molar-refractivity contribution in [3.63, 3.8) is 0 Å². The summed E-state index contributed by atoms with van der Waals surface area (Å²) in [5.74, 6) is -0.246. The van der Waals surface area contributed by atoms with Gasteiger partial charge in [0.2, 0.25) is 0 Å². The molecule has 8 heteroatoms. The number of aromatic amines is 1. The van der Waals surface area contributed by atoms with Gasteiger partial charge in [0.25, 0.3) is 0 Å². The Morgan fingerprint density at radius 2 is 1.89 bits per heavy atom. The van der Waals surface area contributed by atoms with E-state index in [1.807, 2.05) is 0 Å². The first-order valence-corrected chi connectivity index (χ1v) is 5.11. The Hall–Kier alpha value is -2.38. The molecule has 0 radical (unpaired) electrons. The highest BCUT2D eigenvalue weighted by Gasteiger charge is 2.34. The monoisotopic (exact) mass is 271 g/mol. The molecule has 5 nitrogen and oxygen atoms in total. The summed E-state index contributed by atoms with van der Waals surface area (Å²) in [5, 5.41) is 0. The lowest BCUT2D eigenvalue weighted by Gasteiger charge is -2.11. The first kappa shape index (κ1) is 13.1. The van der Waals surface area contributed by atoms with Crippen molar-refractivity contribution >= 4 is 0 Å². The van der Waals surface area contributed by atoms with Crippen molar-refractivity contribution in [3.8, 4) is 17.4 Å². The van der Waals surface area contributed by atoms with Crippen LogP contribution >= 0.6 is 0 Å². The van der Waals surface area contributed by atoms with Crippen LogP contribution in [-0.2, 0) is 6.18 Å². The van der Waals surface area contributed by atoms with Crippen molar-refractivity contribution in [2.45, 2.75) is 6.18 Å². The Morgan fingerprint density at radius 1 is 1.21 bits per heavy atom. The van der Waals surface area contributed by atoms with Gasteiger partial charge in [-0.05, 0) is 6.07 Å². The standard InChI is InChI=1S/C11H8F3N3O2/c1-19-10-16-8(15-9(18)17-10)6-4-2-3-5-7(6)11(12,13)14/h2-5H,1H3,(H,15,16,17,18). The van der Waals surface area contributed by atoms with Crippen LogP contribution in [0.1, 0.15) is 5.56 Å². The Kier molecular flexibility index (Phi) is 3.24. The second-order valence-electron chi connectivity index (χ2n) is 3.53. The van der Waals surface area contributed by atoms with Crippen LogP contribution < -0.4 is 10.4 Å². The van der Waals surface area contributed by atoms with Gasteiger partial charge in [0, 0.05) is 5.56 Å². The topological polar surface area (TPSA) is 67.9 Å².